The molecule has 90 valence electrons. The second kappa shape index (κ2) is 6.75. The van der Waals surface area contributed by atoms with Crippen LogP contribution in [0.2, 0.25) is 0 Å². The largest absolute Gasteiger partial charge is 0.303 e. The molecule has 0 radical (unpaired) electrons. The van der Waals surface area contributed by atoms with E-state index in [-0.39, 0.29) is 0 Å². The van der Waals surface area contributed by atoms with Crippen LogP contribution in [0.1, 0.15) is 52.4 Å². The smallest absolute Gasteiger partial charge is 0.0223 e. The van der Waals surface area contributed by atoms with Gasteiger partial charge in [0.1, 0.15) is 0 Å². The molecule has 1 heterocycles. The normalized spacial score (nSPS) is 21.8. The molecule has 1 fully saturated rings. The van der Waals surface area contributed by atoms with Crippen molar-refractivity contribution in [3.63, 3.8) is 0 Å². The Morgan fingerprint density at radius 3 is 2.33 bits per heavy atom. The van der Waals surface area contributed by atoms with E-state index < -0.39 is 0 Å². The third-order valence-electron chi connectivity index (χ3n) is 4.02. The summed E-state index contributed by atoms with van der Waals surface area (Å²) >= 11 is 5.67. The SMILES string of the molecule is CCC1(C)CCN(CCCCCCl)CC1. The van der Waals surface area contributed by atoms with E-state index in [9.17, 15) is 0 Å². The first-order valence-corrected chi connectivity index (χ1v) is 7.02. The molecule has 0 aromatic heterocycles. The predicted molar refractivity (Wildman–Crippen MR) is 68.6 cm³/mol. The number of likely N-dealkylation sites (tertiary alicyclic amines) is 1. The van der Waals surface area contributed by atoms with E-state index in [4.69, 9.17) is 11.6 Å². The lowest BCUT2D eigenvalue weighted by atomic mass is 9.78. The van der Waals surface area contributed by atoms with E-state index in [1.54, 1.807) is 0 Å². The van der Waals surface area contributed by atoms with Crippen LogP contribution < -0.4 is 0 Å². The van der Waals surface area contributed by atoms with Crippen LogP contribution in [0.15, 0.2) is 0 Å². The van der Waals surface area contributed by atoms with Gasteiger partial charge < -0.3 is 4.90 Å². The van der Waals surface area contributed by atoms with Crippen molar-refractivity contribution in [1.29, 1.82) is 0 Å². The molecule has 15 heavy (non-hydrogen) atoms. The third kappa shape index (κ3) is 4.74. The number of hydrogen-bond acceptors (Lipinski definition) is 1. The van der Waals surface area contributed by atoms with Gasteiger partial charge in [0.05, 0.1) is 0 Å². The Morgan fingerprint density at radius 1 is 1.13 bits per heavy atom. The number of halogens is 1. The molecule has 0 amide bonds. The van der Waals surface area contributed by atoms with Crippen molar-refractivity contribution in [3.8, 4) is 0 Å². The maximum atomic E-state index is 5.67. The summed E-state index contributed by atoms with van der Waals surface area (Å²) in [6.45, 7) is 8.68. The van der Waals surface area contributed by atoms with Crippen molar-refractivity contribution < 1.29 is 0 Å². The molecular formula is C13H26ClN. The van der Waals surface area contributed by atoms with E-state index in [0.29, 0.717) is 5.41 Å². The third-order valence-corrected chi connectivity index (χ3v) is 4.29. The second-order valence-corrected chi connectivity index (χ2v) is 5.63. The van der Waals surface area contributed by atoms with Gasteiger partial charge in [0.2, 0.25) is 0 Å². The van der Waals surface area contributed by atoms with Crippen molar-refractivity contribution >= 4 is 11.6 Å². The quantitative estimate of drug-likeness (QED) is 0.495. The van der Waals surface area contributed by atoms with Crippen molar-refractivity contribution in [1.82, 2.24) is 4.90 Å². The number of alkyl halides is 1. The Balaban J connectivity index is 2.09. The van der Waals surface area contributed by atoms with E-state index in [2.05, 4.69) is 18.7 Å². The van der Waals surface area contributed by atoms with Crippen LogP contribution in [0, 0.1) is 5.41 Å². The maximum absolute atomic E-state index is 5.67. The average Bonchev–Trinajstić information content (AvgIpc) is 2.27. The fourth-order valence-corrected chi connectivity index (χ4v) is 2.47. The predicted octanol–water partition coefficient (Wildman–Crippen LogP) is 3.91. The highest BCUT2D eigenvalue weighted by Gasteiger charge is 2.27. The summed E-state index contributed by atoms with van der Waals surface area (Å²) in [5.41, 5.74) is 0.632. The summed E-state index contributed by atoms with van der Waals surface area (Å²) in [6.07, 6.45) is 7.92. The monoisotopic (exact) mass is 231 g/mol. The van der Waals surface area contributed by atoms with Crippen LogP contribution >= 0.6 is 11.6 Å². The first-order valence-electron chi connectivity index (χ1n) is 6.48. The van der Waals surface area contributed by atoms with Crippen molar-refractivity contribution in [2.24, 2.45) is 5.41 Å². The summed E-state index contributed by atoms with van der Waals surface area (Å²) < 4.78 is 0. The summed E-state index contributed by atoms with van der Waals surface area (Å²) in [4.78, 5) is 2.63. The van der Waals surface area contributed by atoms with Crippen LogP contribution in [0.3, 0.4) is 0 Å². The van der Waals surface area contributed by atoms with Gasteiger partial charge in [-0.3, -0.25) is 0 Å². The Labute approximate surface area is 100 Å². The van der Waals surface area contributed by atoms with E-state index in [1.807, 2.05) is 0 Å². The lowest BCUT2D eigenvalue weighted by Gasteiger charge is -2.38. The molecular weight excluding hydrogens is 206 g/mol. The van der Waals surface area contributed by atoms with Gasteiger partial charge in [0.25, 0.3) is 0 Å². The van der Waals surface area contributed by atoms with Crippen molar-refractivity contribution in [3.05, 3.63) is 0 Å². The highest BCUT2D eigenvalue weighted by atomic mass is 35.5. The van der Waals surface area contributed by atoms with Crippen LogP contribution in [0.4, 0.5) is 0 Å². The van der Waals surface area contributed by atoms with Crippen LogP contribution in [0.5, 0.6) is 0 Å². The fourth-order valence-electron chi connectivity index (χ4n) is 2.28. The molecule has 0 N–H and O–H groups in total. The number of nitrogens with zero attached hydrogens (tertiary/aromatic N) is 1. The molecule has 0 saturated carbocycles. The summed E-state index contributed by atoms with van der Waals surface area (Å²) in [6, 6.07) is 0. The highest BCUT2D eigenvalue weighted by Crippen LogP contribution is 2.33. The van der Waals surface area contributed by atoms with Crippen molar-refractivity contribution in [2.45, 2.75) is 52.4 Å². The zero-order valence-corrected chi connectivity index (χ0v) is 11.2. The van der Waals surface area contributed by atoms with Gasteiger partial charge >= 0.3 is 0 Å². The van der Waals surface area contributed by atoms with E-state index in [0.717, 1.165) is 5.88 Å². The first kappa shape index (κ1) is 13.3. The minimum absolute atomic E-state index is 0.632. The lowest BCUT2D eigenvalue weighted by Crippen LogP contribution is -2.38. The van der Waals surface area contributed by atoms with Crippen LogP contribution in [-0.2, 0) is 0 Å². The van der Waals surface area contributed by atoms with E-state index in [1.165, 1.54) is 58.2 Å². The van der Waals surface area contributed by atoms with E-state index >= 15 is 0 Å². The minimum Gasteiger partial charge on any atom is -0.303 e. The first-order chi connectivity index (χ1) is 7.20. The van der Waals surface area contributed by atoms with Gasteiger partial charge in [0.15, 0.2) is 0 Å². The molecule has 1 nitrogen and oxygen atoms in total. The molecule has 1 rings (SSSR count). The summed E-state index contributed by atoms with van der Waals surface area (Å²) in [5.74, 6) is 0.827. The fraction of sp³-hybridized carbons (Fsp3) is 1.00. The Morgan fingerprint density at radius 2 is 1.80 bits per heavy atom. The Kier molecular flexibility index (Phi) is 5.99. The average molecular weight is 232 g/mol. The second-order valence-electron chi connectivity index (χ2n) is 5.26. The maximum Gasteiger partial charge on any atom is 0.0223 e. The molecule has 0 aliphatic carbocycles. The molecule has 0 spiro atoms. The number of piperidine rings is 1. The highest BCUT2D eigenvalue weighted by molar-refractivity contribution is 6.17. The minimum atomic E-state index is 0.632. The van der Waals surface area contributed by atoms with Gasteiger partial charge in [-0.1, -0.05) is 26.7 Å². The molecule has 0 aromatic rings. The molecule has 2 heteroatoms. The van der Waals surface area contributed by atoms with Gasteiger partial charge in [-0.05, 0) is 50.7 Å². The summed E-state index contributed by atoms with van der Waals surface area (Å²) in [5, 5.41) is 0. The number of hydrogen-bond donors (Lipinski definition) is 0. The molecule has 1 aliphatic rings. The number of rotatable bonds is 6. The Hall–Kier alpha value is 0.250. The van der Waals surface area contributed by atoms with Gasteiger partial charge in [-0.2, -0.15) is 0 Å². The van der Waals surface area contributed by atoms with Gasteiger partial charge in [-0.25, -0.2) is 0 Å². The molecule has 0 atom stereocenters. The standard InChI is InChI=1S/C13H26ClN/c1-3-13(2)7-11-15(12-8-13)10-6-4-5-9-14/h3-12H2,1-2H3. The molecule has 1 aliphatic heterocycles. The summed E-state index contributed by atoms with van der Waals surface area (Å²) in [7, 11) is 0. The van der Waals surface area contributed by atoms with Gasteiger partial charge in [-0.15, -0.1) is 11.6 Å². The molecule has 0 aromatic carbocycles. The van der Waals surface area contributed by atoms with Crippen molar-refractivity contribution in [2.75, 3.05) is 25.5 Å². The topological polar surface area (TPSA) is 3.24 Å². The zero-order valence-electron chi connectivity index (χ0n) is 10.4. The molecule has 1 saturated heterocycles. The zero-order chi connectivity index (χ0) is 11.1. The molecule has 0 bridgehead atoms. The Bertz CT molecular complexity index is 162. The van der Waals surface area contributed by atoms with Crippen LogP contribution in [0.25, 0.3) is 0 Å². The number of unbranched alkanes of at least 4 members (excludes halogenated alkanes) is 2. The van der Waals surface area contributed by atoms with Gasteiger partial charge in [0, 0.05) is 5.88 Å². The lowest BCUT2D eigenvalue weighted by molar-refractivity contribution is 0.113. The molecule has 0 unspecified atom stereocenters. The van der Waals surface area contributed by atoms with Crippen LogP contribution in [-0.4, -0.2) is 30.4 Å².